The van der Waals surface area contributed by atoms with Crippen LogP contribution in [0.2, 0.25) is 0 Å². The Morgan fingerprint density at radius 1 is 0.966 bits per heavy atom. The van der Waals surface area contributed by atoms with Crippen LogP contribution < -0.4 is 5.32 Å². The van der Waals surface area contributed by atoms with Gasteiger partial charge < -0.3 is 14.8 Å². The number of imide groups is 1. The summed E-state index contributed by atoms with van der Waals surface area (Å²) in [6.45, 7) is 5.78. The van der Waals surface area contributed by atoms with Crippen LogP contribution in [-0.2, 0) is 13.1 Å². The number of nitrogens with one attached hydrogen (secondary N) is 1. The van der Waals surface area contributed by atoms with E-state index in [0.29, 0.717) is 23.6 Å². The molecule has 2 aromatic rings. The molecule has 5 rings (SSSR count). The number of carbonyl (C=O) groups is 2. The number of amides is 2. The first-order valence-electron chi connectivity index (χ1n) is 10.0. The van der Waals surface area contributed by atoms with Crippen LogP contribution in [0.1, 0.15) is 51.1 Å². The van der Waals surface area contributed by atoms with E-state index in [9.17, 15) is 9.59 Å². The summed E-state index contributed by atoms with van der Waals surface area (Å²) in [5, 5.41) is 12.1. The lowest BCUT2D eigenvalue weighted by Crippen LogP contribution is -2.41. The summed E-state index contributed by atoms with van der Waals surface area (Å²) in [5.74, 6) is 2.26. The number of piperidine rings is 1. The van der Waals surface area contributed by atoms with E-state index >= 15 is 0 Å². The van der Waals surface area contributed by atoms with Crippen molar-refractivity contribution in [1.29, 1.82) is 0 Å². The average molecular weight is 417 g/mol. The number of rotatable bonds is 4. The normalized spacial score (nSPS) is 19.8. The fraction of sp³-hybridized carbons (Fsp3) is 0.500. The van der Waals surface area contributed by atoms with Crippen LogP contribution in [-0.4, -0.2) is 69.1 Å². The highest BCUT2D eigenvalue weighted by Gasteiger charge is 2.35. The highest BCUT2D eigenvalue weighted by atomic mass is 35.5. The third-order valence-corrected chi connectivity index (χ3v) is 6.12. The number of nitrogens with zero attached hydrogens (tertiary/aromatic N) is 5. The molecule has 2 amide bonds. The Bertz CT molecular complexity index is 886. The maximum Gasteiger partial charge on any atom is 0.261 e. The standard InChI is InChI=1S/C20H24N6O2.ClH/c27-19-15-3-1-2-4-16(15)20(28)26(19)12-11-24-8-5-14(6-9-24)18-23-22-17-13-21-7-10-25(17)18;/h1-4,14,21H,5-13H2;1H. The number of hydrogen-bond donors (Lipinski definition) is 1. The molecule has 0 aliphatic carbocycles. The van der Waals surface area contributed by atoms with Crippen molar-refractivity contribution in [3.63, 3.8) is 0 Å². The van der Waals surface area contributed by atoms with Gasteiger partial charge in [0, 0.05) is 32.1 Å². The van der Waals surface area contributed by atoms with Gasteiger partial charge >= 0.3 is 0 Å². The maximum atomic E-state index is 12.5. The van der Waals surface area contributed by atoms with E-state index in [1.165, 1.54) is 4.90 Å². The largest absolute Gasteiger partial charge is 0.312 e. The molecule has 154 valence electrons. The van der Waals surface area contributed by atoms with Gasteiger partial charge in [0.25, 0.3) is 11.8 Å². The number of carbonyl (C=O) groups excluding carboxylic acids is 2. The number of hydrogen-bond acceptors (Lipinski definition) is 6. The van der Waals surface area contributed by atoms with Gasteiger partial charge in [-0.3, -0.25) is 14.5 Å². The van der Waals surface area contributed by atoms with Crippen molar-refractivity contribution in [1.82, 2.24) is 29.9 Å². The Balaban J connectivity index is 0.00000205. The van der Waals surface area contributed by atoms with Crippen LogP contribution in [0.25, 0.3) is 0 Å². The lowest BCUT2D eigenvalue weighted by Gasteiger charge is -2.32. The van der Waals surface area contributed by atoms with Crippen LogP contribution in [0.4, 0.5) is 0 Å². The minimum atomic E-state index is -0.167. The predicted octanol–water partition coefficient (Wildman–Crippen LogP) is 1.28. The van der Waals surface area contributed by atoms with Crippen LogP contribution in [0.3, 0.4) is 0 Å². The van der Waals surface area contributed by atoms with Crippen molar-refractivity contribution in [2.45, 2.75) is 31.8 Å². The monoisotopic (exact) mass is 416 g/mol. The highest BCUT2D eigenvalue weighted by molar-refractivity contribution is 6.21. The first-order chi connectivity index (χ1) is 13.7. The molecule has 1 aromatic heterocycles. The summed E-state index contributed by atoms with van der Waals surface area (Å²) in [4.78, 5) is 28.7. The lowest BCUT2D eigenvalue weighted by molar-refractivity contribution is 0.0629. The molecule has 0 bridgehead atoms. The molecule has 0 spiro atoms. The Hall–Kier alpha value is -2.29. The van der Waals surface area contributed by atoms with Gasteiger partial charge in [-0.25, -0.2) is 0 Å². The van der Waals surface area contributed by atoms with Gasteiger partial charge in [-0.15, -0.1) is 22.6 Å². The topological polar surface area (TPSA) is 83.4 Å². The third kappa shape index (κ3) is 3.56. The molecule has 1 aromatic carbocycles. The molecule has 9 heteroatoms. The fourth-order valence-electron chi connectivity index (χ4n) is 4.52. The Morgan fingerprint density at radius 3 is 2.34 bits per heavy atom. The van der Waals surface area contributed by atoms with Gasteiger partial charge in [0.15, 0.2) is 0 Å². The number of likely N-dealkylation sites (tertiary alicyclic amines) is 1. The number of benzene rings is 1. The van der Waals surface area contributed by atoms with E-state index in [1.807, 2.05) is 0 Å². The van der Waals surface area contributed by atoms with Crippen molar-refractivity contribution in [2.24, 2.45) is 0 Å². The highest BCUT2D eigenvalue weighted by Crippen LogP contribution is 2.28. The van der Waals surface area contributed by atoms with Gasteiger partial charge in [0.2, 0.25) is 0 Å². The van der Waals surface area contributed by atoms with Crippen molar-refractivity contribution in [2.75, 3.05) is 32.7 Å². The summed E-state index contributed by atoms with van der Waals surface area (Å²) in [5.41, 5.74) is 1.05. The molecule has 0 saturated carbocycles. The number of halogens is 1. The van der Waals surface area contributed by atoms with E-state index in [-0.39, 0.29) is 24.2 Å². The van der Waals surface area contributed by atoms with Gasteiger partial charge in [-0.2, -0.15) is 0 Å². The SMILES string of the molecule is Cl.O=C1c2ccccc2C(=O)N1CCN1CCC(c2nnc3n2CCNC3)CC1. The van der Waals surface area contributed by atoms with Gasteiger partial charge in [-0.05, 0) is 38.1 Å². The van der Waals surface area contributed by atoms with Crippen molar-refractivity contribution in [3.8, 4) is 0 Å². The molecule has 4 heterocycles. The van der Waals surface area contributed by atoms with Crippen molar-refractivity contribution >= 4 is 24.2 Å². The lowest BCUT2D eigenvalue weighted by atomic mass is 9.95. The Kier molecular flexibility index (Phi) is 5.67. The minimum Gasteiger partial charge on any atom is -0.312 e. The number of fused-ring (bicyclic) bond motifs is 2. The van der Waals surface area contributed by atoms with Gasteiger partial charge in [0.1, 0.15) is 11.6 Å². The zero-order valence-electron chi connectivity index (χ0n) is 16.2. The molecule has 1 saturated heterocycles. The van der Waals surface area contributed by atoms with Gasteiger partial charge in [0.05, 0.1) is 17.7 Å². The molecular formula is C20H25ClN6O2. The molecule has 1 fully saturated rings. The van der Waals surface area contributed by atoms with Gasteiger partial charge in [-0.1, -0.05) is 12.1 Å². The second-order valence-corrected chi connectivity index (χ2v) is 7.73. The quantitative estimate of drug-likeness (QED) is 0.756. The molecule has 0 unspecified atom stereocenters. The molecular weight excluding hydrogens is 392 g/mol. The summed E-state index contributed by atoms with van der Waals surface area (Å²) in [7, 11) is 0. The molecule has 0 radical (unpaired) electrons. The van der Waals surface area contributed by atoms with Crippen LogP contribution in [0, 0.1) is 0 Å². The molecule has 29 heavy (non-hydrogen) atoms. The smallest absolute Gasteiger partial charge is 0.261 e. The Morgan fingerprint density at radius 2 is 1.66 bits per heavy atom. The Labute approximate surface area is 175 Å². The molecule has 0 atom stereocenters. The second-order valence-electron chi connectivity index (χ2n) is 7.73. The zero-order valence-corrected chi connectivity index (χ0v) is 17.0. The molecule has 3 aliphatic heterocycles. The van der Waals surface area contributed by atoms with Crippen molar-refractivity contribution in [3.05, 3.63) is 47.0 Å². The van der Waals surface area contributed by atoms with Crippen molar-refractivity contribution < 1.29 is 9.59 Å². The summed E-state index contributed by atoms with van der Waals surface area (Å²) in [6.07, 6.45) is 2.07. The van der Waals surface area contributed by atoms with E-state index in [2.05, 4.69) is 25.0 Å². The summed E-state index contributed by atoms with van der Waals surface area (Å²) >= 11 is 0. The molecule has 1 N–H and O–H groups in total. The summed E-state index contributed by atoms with van der Waals surface area (Å²) < 4.78 is 2.27. The molecule has 3 aliphatic rings. The second kappa shape index (κ2) is 8.22. The third-order valence-electron chi connectivity index (χ3n) is 6.12. The van der Waals surface area contributed by atoms with E-state index in [4.69, 9.17) is 0 Å². The summed E-state index contributed by atoms with van der Waals surface area (Å²) in [6, 6.07) is 7.07. The first kappa shape index (κ1) is 20.0. The fourth-order valence-corrected chi connectivity index (χ4v) is 4.52. The average Bonchev–Trinajstić information content (AvgIpc) is 3.27. The van der Waals surface area contributed by atoms with Crippen LogP contribution in [0.15, 0.2) is 24.3 Å². The zero-order chi connectivity index (χ0) is 19.1. The van der Waals surface area contributed by atoms with E-state index < -0.39 is 0 Å². The minimum absolute atomic E-state index is 0. The van der Waals surface area contributed by atoms with E-state index in [1.54, 1.807) is 24.3 Å². The van der Waals surface area contributed by atoms with E-state index in [0.717, 1.165) is 63.8 Å². The van der Waals surface area contributed by atoms with Crippen LogP contribution >= 0.6 is 12.4 Å². The maximum absolute atomic E-state index is 12.5. The first-order valence-corrected chi connectivity index (χ1v) is 10.0. The number of aromatic nitrogens is 3. The van der Waals surface area contributed by atoms with Crippen LogP contribution in [0.5, 0.6) is 0 Å². The predicted molar refractivity (Wildman–Crippen MR) is 109 cm³/mol. The molecule has 8 nitrogen and oxygen atoms in total.